The first-order chi connectivity index (χ1) is 11.9. The van der Waals surface area contributed by atoms with Gasteiger partial charge in [-0.25, -0.2) is 13.5 Å². The van der Waals surface area contributed by atoms with Crippen molar-refractivity contribution >= 4 is 17.7 Å². The third kappa shape index (κ3) is 3.24. The SMILES string of the molecule is CCOC(=O)Cn1nc(C)c2c1NC(=O)CC2c1ccc(F)cc1F. The molecule has 1 aromatic heterocycles. The van der Waals surface area contributed by atoms with Crippen LogP contribution in [0.1, 0.15) is 36.1 Å². The monoisotopic (exact) mass is 349 g/mol. The van der Waals surface area contributed by atoms with Gasteiger partial charge < -0.3 is 10.1 Å². The Hall–Kier alpha value is -2.77. The number of aryl methyl sites for hydroxylation is 1. The zero-order valence-corrected chi connectivity index (χ0v) is 13.8. The lowest BCUT2D eigenvalue weighted by Gasteiger charge is -2.24. The van der Waals surface area contributed by atoms with Gasteiger partial charge in [0.15, 0.2) is 0 Å². The van der Waals surface area contributed by atoms with E-state index in [0.29, 0.717) is 17.1 Å². The van der Waals surface area contributed by atoms with E-state index in [1.54, 1.807) is 13.8 Å². The van der Waals surface area contributed by atoms with Crippen molar-refractivity contribution < 1.29 is 23.1 Å². The van der Waals surface area contributed by atoms with Crippen molar-refractivity contribution in [1.82, 2.24) is 9.78 Å². The first-order valence-electron chi connectivity index (χ1n) is 7.88. The van der Waals surface area contributed by atoms with Gasteiger partial charge in [0.05, 0.1) is 12.3 Å². The minimum Gasteiger partial charge on any atom is -0.465 e. The lowest BCUT2D eigenvalue weighted by atomic mass is 9.85. The van der Waals surface area contributed by atoms with Crippen LogP contribution in [0, 0.1) is 18.6 Å². The molecule has 1 aromatic carbocycles. The van der Waals surface area contributed by atoms with Gasteiger partial charge in [0, 0.05) is 24.0 Å². The molecule has 1 aliphatic heterocycles. The Morgan fingerprint density at radius 1 is 1.44 bits per heavy atom. The topological polar surface area (TPSA) is 73.2 Å². The van der Waals surface area contributed by atoms with Crippen molar-refractivity contribution in [3.8, 4) is 0 Å². The quantitative estimate of drug-likeness (QED) is 0.861. The smallest absolute Gasteiger partial charge is 0.327 e. The fraction of sp³-hybridized carbons (Fsp3) is 0.353. The Morgan fingerprint density at radius 3 is 2.88 bits per heavy atom. The van der Waals surface area contributed by atoms with Gasteiger partial charge >= 0.3 is 5.97 Å². The van der Waals surface area contributed by atoms with E-state index in [2.05, 4.69) is 10.4 Å². The number of hydrogen-bond acceptors (Lipinski definition) is 4. The highest BCUT2D eigenvalue weighted by atomic mass is 19.1. The lowest BCUT2D eigenvalue weighted by Crippen LogP contribution is -2.26. The fourth-order valence-electron chi connectivity index (χ4n) is 3.11. The number of rotatable bonds is 4. The highest BCUT2D eigenvalue weighted by molar-refractivity contribution is 5.95. The standard InChI is InChI=1S/C17H17F2N3O3/c1-3-25-15(24)8-22-17-16(9(2)21-22)12(7-14(23)20-17)11-5-4-10(18)6-13(11)19/h4-6,12H,3,7-8H2,1-2H3,(H,20,23). The third-order valence-electron chi connectivity index (χ3n) is 4.09. The van der Waals surface area contributed by atoms with Gasteiger partial charge in [-0.1, -0.05) is 6.07 Å². The van der Waals surface area contributed by atoms with Gasteiger partial charge in [-0.2, -0.15) is 5.10 Å². The highest BCUT2D eigenvalue weighted by Crippen LogP contribution is 2.40. The summed E-state index contributed by atoms with van der Waals surface area (Å²) in [5.74, 6) is -2.47. The Morgan fingerprint density at radius 2 is 2.20 bits per heavy atom. The summed E-state index contributed by atoms with van der Waals surface area (Å²) < 4.78 is 33.7. The molecule has 0 saturated heterocycles. The van der Waals surface area contributed by atoms with Crippen LogP contribution >= 0.6 is 0 Å². The summed E-state index contributed by atoms with van der Waals surface area (Å²) in [5.41, 5.74) is 1.40. The number of amides is 1. The second-order valence-electron chi connectivity index (χ2n) is 5.78. The lowest BCUT2D eigenvalue weighted by molar-refractivity contribution is -0.144. The van der Waals surface area contributed by atoms with Crippen LogP contribution < -0.4 is 5.32 Å². The van der Waals surface area contributed by atoms with Crippen LogP contribution in [-0.2, 0) is 20.9 Å². The van der Waals surface area contributed by atoms with Crippen molar-refractivity contribution in [3.05, 3.63) is 46.7 Å². The number of esters is 1. The summed E-state index contributed by atoms with van der Waals surface area (Å²) in [5, 5.41) is 6.96. The van der Waals surface area contributed by atoms with Crippen LogP contribution in [0.3, 0.4) is 0 Å². The molecule has 0 fully saturated rings. The zero-order valence-electron chi connectivity index (χ0n) is 13.8. The molecule has 0 radical (unpaired) electrons. The van der Waals surface area contributed by atoms with Gasteiger partial charge in [-0.15, -0.1) is 0 Å². The molecule has 2 heterocycles. The number of carbonyl (C=O) groups is 2. The number of hydrogen-bond donors (Lipinski definition) is 1. The molecular weight excluding hydrogens is 332 g/mol. The predicted molar refractivity (Wildman–Crippen MR) is 85.0 cm³/mol. The Labute approximate surface area is 142 Å². The van der Waals surface area contributed by atoms with Crippen LogP contribution in [0.5, 0.6) is 0 Å². The normalized spacial score (nSPS) is 16.3. The van der Waals surface area contributed by atoms with Crippen LogP contribution in [0.25, 0.3) is 0 Å². The summed E-state index contributed by atoms with van der Waals surface area (Å²) in [7, 11) is 0. The van der Waals surface area contributed by atoms with Gasteiger partial charge in [0.25, 0.3) is 0 Å². The summed E-state index contributed by atoms with van der Waals surface area (Å²) in [6, 6.07) is 3.28. The second kappa shape index (κ2) is 6.62. The average molecular weight is 349 g/mol. The van der Waals surface area contributed by atoms with Gasteiger partial charge in [0.1, 0.15) is 24.0 Å². The Balaban J connectivity index is 2.05. The summed E-state index contributed by atoms with van der Waals surface area (Å²) in [6.45, 7) is 3.48. The van der Waals surface area contributed by atoms with Crippen LogP contribution in [0.4, 0.5) is 14.6 Å². The highest BCUT2D eigenvalue weighted by Gasteiger charge is 2.34. The van der Waals surface area contributed by atoms with E-state index in [0.717, 1.165) is 12.1 Å². The summed E-state index contributed by atoms with van der Waals surface area (Å²) in [6.07, 6.45) is 0.0154. The van der Waals surface area contributed by atoms with Gasteiger partial charge in [-0.3, -0.25) is 9.59 Å². The van der Waals surface area contributed by atoms with Crippen LogP contribution in [0.2, 0.25) is 0 Å². The first kappa shape index (κ1) is 17.1. The van der Waals surface area contributed by atoms with E-state index >= 15 is 0 Å². The number of carbonyl (C=O) groups excluding carboxylic acids is 2. The molecular formula is C17H17F2N3O3. The molecule has 6 nitrogen and oxygen atoms in total. The van der Waals surface area contributed by atoms with Crippen molar-refractivity contribution in [2.24, 2.45) is 0 Å². The number of ether oxygens (including phenoxy) is 1. The van der Waals surface area contributed by atoms with E-state index in [1.165, 1.54) is 10.7 Å². The van der Waals surface area contributed by atoms with E-state index in [-0.39, 0.29) is 31.0 Å². The number of fused-ring (bicyclic) bond motifs is 1. The Kier molecular flexibility index (Phi) is 4.52. The van der Waals surface area contributed by atoms with Crippen molar-refractivity contribution in [1.29, 1.82) is 0 Å². The molecule has 0 bridgehead atoms. The number of halogens is 2. The molecule has 132 valence electrons. The molecule has 1 amide bonds. The fourth-order valence-corrected chi connectivity index (χ4v) is 3.11. The van der Waals surface area contributed by atoms with E-state index in [4.69, 9.17) is 4.74 Å². The van der Waals surface area contributed by atoms with Gasteiger partial charge in [-0.05, 0) is 25.5 Å². The molecule has 1 atom stereocenters. The molecule has 0 spiro atoms. The van der Waals surface area contributed by atoms with Crippen molar-refractivity contribution in [2.45, 2.75) is 32.7 Å². The largest absolute Gasteiger partial charge is 0.465 e. The van der Waals surface area contributed by atoms with E-state index < -0.39 is 23.5 Å². The minimum absolute atomic E-state index is 0.0154. The third-order valence-corrected chi connectivity index (χ3v) is 4.09. The van der Waals surface area contributed by atoms with E-state index in [1.807, 2.05) is 0 Å². The maximum absolute atomic E-state index is 14.2. The number of benzene rings is 1. The van der Waals surface area contributed by atoms with Crippen molar-refractivity contribution in [3.63, 3.8) is 0 Å². The van der Waals surface area contributed by atoms with Crippen LogP contribution in [0.15, 0.2) is 18.2 Å². The first-order valence-corrected chi connectivity index (χ1v) is 7.88. The predicted octanol–water partition coefficient (Wildman–Crippen LogP) is 2.51. The molecule has 3 rings (SSSR count). The van der Waals surface area contributed by atoms with E-state index in [9.17, 15) is 18.4 Å². The molecule has 8 heteroatoms. The summed E-state index contributed by atoms with van der Waals surface area (Å²) in [4.78, 5) is 23.8. The molecule has 2 aromatic rings. The maximum Gasteiger partial charge on any atom is 0.327 e. The summed E-state index contributed by atoms with van der Waals surface area (Å²) >= 11 is 0. The number of anilines is 1. The van der Waals surface area contributed by atoms with Crippen molar-refractivity contribution in [2.75, 3.05) is 11.9 Å². The molecule has 1 unspecified atom stereocenters. The molecule has 1 N–H and O–H groups in total. The molecule has 0 aliphatic carbocycles. The minimum atomic E-state index is -0.719. The number of aromatic nitrogens is 2. The average Bonchev–Trinajstić information content (AvgIpc) is 2.83. The van der Waals surface area contributed by atoms with Gasteiger partial charge in [0.2, 0.25) is 5.91 Å². The molecule has 25 heavy (non-hydrogen) atoms. The molecule has 1 aliphatic rings. The molecule has 0 saturated carbocycles. The van der Waals surface area contributed by atoms with Crippen LogP contribution in [-0.4, -0.2) is 28.3 Å². The zero-order chi connectivity index (χ0) is 18.1. The Bertz CT molecular complexity index is 848. The maximum atomic E-state index is 14.2. The number of nitrogens with zero attached hydrogens (tertiary/aromatic N) is 2. The second-order valence-corrected chi connectivity index (χ2v) is 5.78. The number of nitrogens with one attached hydrogen (secondary N) is 1.